The SMILES string of the molecule is C#CCCCCC(=O)Nc1ccccc1-c1cn([C@H]2C=C(C(=O)OC)O[C@@H]([C@H](OC(C)=O)[C@@H](COC(C)=O)OC(C)=O)[C@@H]2C)nn1. The summed E-state index contributed by atoms with van der Waals surface area (Å²) in [6.07, 6.45) is 7.02. The summed E-state index contributed by atoms with van der Waals surface area (Å²) in [5, 5.41) is 11.5. The van der Waals surface area contributed by atoms with Gasteiger partial charge in [-0.15, -0.1) is 17.4 Å². The minimum absolute atomic E-state index is 0.170. The lowest BCUT2D eigenvalue weighted by molar-refractivity contribution is -0.190. The molecule has 5 atom stereocenters. The smallest absolute Gasteiger partial charge is 0.373 e. The fourth-order valence-corrected chi connectivity index (χ4v) is 4.94. The van der Waals surface area contributed by atoms with E-state index in [2.05, 4.69) is 21.5 Å². The third-order valence-corrected chi connectivity index (χ3v) is 7.06. The number of nitrogens with zero attached hydrogens (tertiary/aromatic N) is 3. The van der Waals surface area contributed by atoms with Crippen molar-refractivity contribution >= 4 is 35.5 Å². The van der Waals surface area contributed by atoms with Crippen molar-refractivity contribution in [2.75, 3.05) is 19.0 Å². The summed E-state index contributed by atoms with van der Waals surface area (Å²) < 4.78 is 28.4. The molecule has 2 heterocycles. The highest BCUT2D eigenvalue weighted by atomic mass is 16.6. The zero-order valence-corrected chi connectivity index (χ0v) is 26.4. The molecule has 1 amide bonds. The van der Waals surface area contributed by atoms with Crippen LogP contribution in [0, 0.1) is 18.3 Å². The fraction of sp³-hybridized carbons (Fsp3) is 0.469. The number of amides is 1. The molecule has 2 aromatic rings. The van der Waals surface area contributed by atoms with Crippen molar-refractivity contribution in [3.8, 4) is 23.6 Å². The Morgan fingerprint density at radius 3 is 2.43 bits per heavy atom. The van der Waals surface area contributed by atoms with E-state index in [0.29, 0.717) is 36.2 Å². The Labute approximate surface area is 266 Å². The van der Waals surface area contributed by atoms with Crippen LogP contribution in [0.1, 0.15) is 59.4 Å². The molecule has 0 fully saturated rings. The monoisotopic (exact) mass is 638 g/mol. The molecule has 0 unspecified atom stereocenters. The second-order valence-electron chi connectivity index (χ2n) is 10.6. The van der Waals surface area contributed by atoms with Crippen molar-refractivity contribution in [1.82, 2.24) is 15.0 Å². The highest BCUT2D eigenvalue weighted by Gasteiger charge is 2.46. The molecule has 1 aromatic carbocycles. The van der Waals surface area contributed by atoms with Gasteiger partial charge in [0.2, 0.25) is 11.7 Å². The number of unbranched alkanes of at least 4 members (excludes halogenated alkanes) is 2. The van der Waals surface area contributed by atoms with Gasteiger partial charge in [0.1, 0.15) is 18.4 Å². The molecule has 14 heteroatoms. The van der Waals surface area contributed by atoms with Crippen molar-refractivity contribution in [2.24, 2.45) is 5.92 Å². The van der Waals surface area contributed by atoms with Gasteiger partial charge in [-0.05, 0) is 25.0 Å². The van der Waals surface area contributed by atoms with Crippen molar-refractivity contribution in [1.29, 1.82) is 0 Å². The maximum atomic E-state index is 12.7. The number of methoxy groups -OCH3 is 1. The molecule has 1 N–H and O–H groups in total. The Morgan fingerprint density at radius 2 is 1.78 bits per heavy atom. The van der Waals surface area contributed by atoms with E-state index < -0.39 is 60.8 Å². The number of carbonyl (C=O) groups excluding carboxylic acids is 5. The van der Waals surface area contributed by atoms with Crippen molar-refractivity contribution in [2.45, 2.75) is 77.7 Å². The summed E-state index contributed by atoms with van der Waals surface area (Å²) in [6.45, 7) is 4.79. The van der Waals surface area contributed by atoms with Crippen LogP contribution in [0.4, 0.5) is 5.69 Å². The summed E-state index contributed by atoms with van der Waals surface area (Å²) in [5.41, 5.74) is 1.56. The van der Waals surface area contributed by atoms with Crippen LogP contribution in [0.2, 0.25) is 0 Å². The Kier molecular flexibility index (Phi) is 12.9. The molecule has 0 aliphatic carbocycles. The molecule has 0 saturated heterocycles. The zero-order chi connectivity index (χ0) is 33.8. The number of hydrogen-bond donors (Lipinski definition) is 1. The minimum Gasteiger partial charge on any atom is -0.479 e. The number of terminal acetylenes is 1. The Morgan fingerprint density at radius 1 is 1.07 bits per heavy atom. The number of ether oxygens (including phenoxy) is 5. The molecule has 0 radical (unpaired) electrons. The van der Waals surface area contributed by atoms with E-state index in [1.165, 1.54) is 24.8 Å². The van der Waals surface area contributed by atoms with E-state index in [0.717, 1.165) is 20.3 Å². The second-order valence-corrected chi connectivity index (χ2v) is 10.6. The van der Waals surface area contributed by atoms with E-state index in [1.54, 1.807) is 37.4 Å². The molecule has 1 aliphatic heterocycles. The molecule has 246 valence electrons. The molecule has 3 rings (SSSR count). The molecule has 1 aromatic heterocycles. The number of hydrogen-bond acceptors (Lipinski definition) is 12. The molecule has 0 spiro atoms. The van der Waals surface area contributed by atoms with Gasteiger partial charge in [-0.1, -0.05) is 30.3 Å². The van der Waals surface area contributed by atoms with Gasteiger partial charge in [0.05, 0.1) is 25.0 Å². The molecule has 0 bridgehead atoms. The highest BCUT2D eigenvalue weighted by Crippen LogP contribution is 2.37. The lowest BCUT2D eigenvalue weighted by atomic mass is 9.87. The number of aromatic nitrogens is 3. The van der Waals surface area contributed by atoms with Crippen LogP contribution >= 0.6 is 0 Å². The normalized spacial score (nSPS) is 18.4. The maximum Gasteiger partial charge on any atom is 0.373 e. The first-order valence-electron chi connectivity index (χ1n) is 14.6. The molecule has 14 nitrogen and oxygen atoms in total. The van der Waals surface area contributed by atoms with Crippen LogP contribution in [0.15, 0.2) is 42.3 Å². The third kappa shape index (κ3) is 9.65. The average Bonchev–Trinajstić information content (AvgIpc) is 3.50. The maximum absolute atomic E-state index is 12.7. The van der Waals surface area contributed by atoms with Crippen LogP contribution in [0.25, 0.3) is 11.3 Å². The summed E-state index contributed by atoms with van der Waals surface area (Å²) in [7, 11) is 1.18. The number of nitrogens with one attached hydrogen (secondary N) is 1. The van der Waals surface area contributed by atoms with E-state index >= 15 is 0 Å². The summed E-state index contributed by atoms with van der Waals surface area (Å²) >= 11 is 0. The lowest BCUT2D eigenvalue weighted by Crippen LogP contribution is -2.52. The summed E-state index contributed by atoms with van der Waals surface area (Å²) in [4.78, 5) is 61.1. The predicted octanol–water partition coefficient (Wildman–Crippen LogP) is 3.14. The van der Waals surface area contributed by atoms with Gasteiger partial charge in [0, 0.05) is 45.1 Å². The Hall–Kier alpha value is -5.19. The number of anilines is 1. The van der Waals surface area contributed by atoms with Gasteiger partial charge in [0.15, 0.2) is 12.2 Å². The Bertz CT molecular complexity index is 1490. The number of rotatable bonds is 14. The van der Waals surface area contributed by atoms with Gasteiger partial charge in [-0.2, -0.15) is 0 Å². The van der Waals surface area contributed by atoms with Crippen LogP contribution in [-0.4, -0.2) is 76.8 Å². The second kappa shape index (κ2) is 16.8. The molecular formula is C32H38N4O10. The van der Waals surface area contributed by atoms with E-state index in [9.17, 15) is 24.0 Å². The number of para-hydroxylation sites is 1. The summed E-state index contributed by atoms with van der Waals surface area (Å²) in [5.74, 6) is -1.35. The van der Waals surface area contributed by atoms with Crippen molar-refractivity contribution in [3.63, 3.8) is 0 Å². The number of allylic oxidation sites excluding steroid dienone is 1. The lowest BCUT2D eigenvalue weighted by Gasteiger charge is -2.40. The van der Waals surface area contributed by atoms with Gasteiger partial charge in [0.25, 0.3) is 0 Å². The first-order chi connectivity index (χ1) is 21.9. The van der Waals surface area contributed by atoms with Gasteiger partial charge >= 0.3 is 23.9 Å². The first-order valence-corrected chi connectivity index (χ1v) is 14.6. The van der Waals surface area contributed by atoms with Crippen LogP contribution in [0.5, 0.6) is 0 Å². The quantitative estimate of drug-likeness (QED) is 0.139. The number of esters is 4. The van der Waals surface area contributed by atoms with E-state index in [1.807, 2.05) is 0 Å². The van der Waals surface area contributed by atoms with Crippen LogP contribution in [0.3, 0.4) is 0 Å². The molecular weight excluding hydrogens is 600 g/mol. The summed E-state index contributed by atoms with van der Waals surface area (Å²) in [6, 6.07) is 6.39. The Balaban J connectivity index is 1.98. The molecule has 46 heavy (non-hydrogen) atoms. The van der Waals surface area contributed by atoms with Gasteiger partial charge < -0.3 is 29.0 Å². The largest absolute Gasteiger partial charge is 0.479 e. The van der Waals surface area contributed by atoms with E-state index in [4.69, 9.17) is 30.1 Å². The third-order valence-electron chi connectivity index (χ3n) is 7.06. The van der Waals surface area contributed by atoms with Crippen LogP contribution < -0.4 is 5.32 Å². The van der Waals surface area contributed by atoms with E-state index in [-0.39, 0.29) is 11.7 Å². The molecule has 1 aliphatic rings. The standard InChI is InChI=1S/C32H38N4O10/c1-7-8-9-10-15-29(40)33-24-14-12-11-13-23(24)25-17-36(35-34-25)26-16-27(32(41)42-6)46-30(19(26)2)31(45-22(5)39)28(44-21(4)38)18-43-20(3)37/h1,11-14,16-17,19,26,28,30-31H,8-10,15,18H2,2-6H3,(H,33,40)/t19-,26+,28-,30-,31-/m1/s1. The highest BCUT2D eigenvalue weighted by molar-refractivity contribution is 5.95. The van der Waals surface area contributed by atoms with Crippen LogP contribution in [-0.2, 0) is 47.7 Å². The zero-order valence-electron chi connectivity index (χ0n) is 26.4. The topological polar surface area (TPSA) is 174 Å². The minimum atomic E-state index is -1.31. The average molecular weight is 639 g/mol. The molecule has 0 saturated carbocycles. The van der Waals surface area contributed by atoms with Crippen molar-refractivity contribution in [3.05, 3.63) is 42.3 Å². The van der Waals surface area contributed by atoms with Gasteiger partial charge in [-0.25, -0.2) is 9.48 Å². The van der Waals surface area contributed by atoms with Crippen molar-refractivity contribution < 1.29 is 47.7 Å². The first kappa shape index (κ1) is 35.3. The van der Waals surface area contributed by atoms with Gasteiger partial charge in [-0.3, -0.25) is 19.2 Å². The number of carbonyl (C=O) groups is 5. The fourth-order valence-electron chi connectivity index (χ4n) is 4.94. The predicted molar refractivity (Wildman–Crippen MR) is 162 cm³/mol. The number of benzene rings is 1.